The van der Waals surface area contributed by atoms with E-state index in [-0.39, 0.29) is 11.6 Å². The van der Waals surface area contributed by atoms with Crippen LogP contribution in [-0.4, -0.2) is 36.9 Å². The predicted octanol–water partition coefficient (Wildman–Crippen LogP) is 3.17. The Balaban J connectivity index is 1.88. The van der Waals surface area contributed by atoms with E-state index in [1.54, 1.807) is 25.4 Å². The second-order valence-electron chi connectivity index (χ2n) is 6.76. The van der Waals surface area contributed by atoms with E-state index in [1.165, 1.54) is 0 Å². The van der Waals surface area contributed by atoms with Gasteiger partial charge >= 0.3 is 11.5 Å². The maximum absolute atomic E-state index is 12.9. The zero-order valence-electron chi connectivity index (χ0n) is 16.0. The summed E-state index contributed by atoms with van der Waals surface area (Å²) in [6, 6.07) is 3.56. The standard InChI is InChI=1S/C19H18F3N3O4S/c1-3-12-10-23-9-8-15(12)11(2)16-17(26)25(18(27)24-16)13-4-6-14(7-5-13)30(28,29)19(20,21)22/h4-11,16H,3H2,1-2H3,(H,24,27). The molecule has 0 radical (unpaired) electrons. The van der Waals surface area contributed by atoms with E-state index in [2.05, 4.69) is 10.3 Å². The Morgan fingerprint density at radius 1 is 1.17 bits per heavy atom. The molecule has 3 rings (SSSR count). The Hall–Kier alpha value is -2.95. The van der Waals surface area contributed by atoms with Gasteiger partial charge in [0.25, 0.3) is 15.7 Å². The number of pyridine rings is 1. The maximum atomic E-state index is 12.9. The smallest absolute Gasteiger partial charge is 0.325 e. The van der Waals surface area contributed by atoms with Crippen molar-refractivity contribution in [1.82, 2.24) is 10.3 Å². The number of imide groups is 1. The largest absolute Gasteiger partial charge is 0.501 e. The van der Waals surface area contributed by atoms with E-state index in [1.807, 2.05) is 6.92 Å². The van der Waals surface area contributed by atoms with Crippen molar-refractivity contribution in [2.45, 2.75) is 42.6 Å². The molecule has 1 aromatic carbocycles. The number of nitrogens with zero attached hydrogens (tertiary/aromatic N) is 2. The van der Waals surface area contributed by atoms with Crippen LogP contribution in [0.3, 0.4) is 0 Å². The number of hydrogen-bond donors (Lipinski definition) is 1. The number of halogens is 3. The van der Waals surface area contributed by atoms with Crippen molar-refractivity contribution in [3.63, 3.8) is 0 Å². The number of nitrogens with one attached hydrogen (secondary N) is 1. The fourth-order valence-corrected chi connectivity index (χ4v) is 4.11. The molecule has 0 aliphatic carbocycles. The van der Waals surface area contributed by atoms with Crippen LogP contribution in [0.4, 0.5) is 23.7 Å². The number of hydrogen-bond acceptors (Lipinski definition) is 5. The molecule has 2 aromatic rings. The molecule has 7 nitrogen and oxygen atoms in total. The molecule has 2 unspecified atom stereocenters. The molecule has 1 fully saturated rings. The third-order valence-electron chi connectivity index (χ3n) is 4.99. The number of carbonyl (C=O) groups excluding carboxylic acids is 2. The van der Waals surface area contributed by atoms with E-state index in [4.69, 9.17) is 0 Å². The lowest BCUT2D eigenvalue weighted by molar-refractivity contribution is -0.118. The Morgan fingerprint density at radius 3 is 2.37 bits per heavy atom. The molecular formula is C19H18F3N3O4S. The molecule has 1 aliphatic heterocycles. The molecule has 2 heterocycles. The SMILES string of the molecule is CCc1cnccc1C(C)C1NC(=O)N(c2ccc(S(=O)(=O)C(F)(F)F)cc2)C1=O. The summed E-state index contributed by atoms with van der Waals surface area (Å²) in [6.07, 6.45) is 3.95. The topological polar surface area (TPSA) is 96.4 Å². The van der Waals surface area contributed by atoms with Gasteiger partial charge in [-0.05, 0) is 47.9 Å². The van der Waals surface area contributed by atoms with Gasteiger partial charge in [0.2, 0.25) is 0 Å². The van der Waals surface area contributed by atoms with Crippen LogP contribution in [0.1, 0.15) is 30.9 Å². The highest BCUT2D eigenvalue weighted by Crippen LogP contribution is 2.33. The molecule has 0 spiro atoms. The molecule has 30 heavy (non-hydrogen) atoms. The zero-order chi connectivity index (χ0) is 22.3. The first-order valence-electron chi connectivity index (χ1n) is 8.97. The van der Waals surface area contributed by atoms with Crippen molar-refractivity contribution in [3.05, 3.63) is 53.9 Å². The van der Waals surface area contributed by atoms with Gasteiger partial charge in [-0.1, -0.05) is 13.8 Å². The number of rotatable bonds is 5. The number of anilines is 1. The van der Waals surface area contributed by atoms with E-state index >= 15 is 0 Å². The van der Waals surface area contributed by atoms with Crippen LogP contribution >= 0.6 is 0 Å². The summed E-state index contributed by atoms with van der Waals surface area (Å²) in [5.41, 5.74) is -3.71. The first-order chi connectivity index (χ1) is 14.0. The van der Waals surface area contributed by atoms with Crippen LogP contribution in [0.5, 0.6) is 0 Å². The lowest BCUT2D eigenvalue weighted by Gasteiger charge is -2.20. The number of sulfone groups is 1. The highest BCUT2D eigenvalue weighted by Gasteiger charge is 2.47. The maximum Gasteiger partial charge on any atom is 0.501 e. The normalized spacial score (nSPS) is 18.4. The monoisotopic (exact) mass is 441 g/mol. The van der Waals surface area contributed by atoms with Gasteiger partial charge in [0, 0.05) is 18.3 Å². The molecule has 3 amide bonds. The Morgan fingerprint density at radius 2 is 1.80 bits per heavy atom. The van der Waals surface area contributed by atoms with Crippen molar-refractivity contribution >= 4 is 27.5 Å². The molecule has 0 saturated carbocycles. The fraction of sp³-hybridized carbons (Fsp3) is 0.316. The lowest BCUT2D eigenvalue weighted by atomic mass is 9.90. The highest BCUT2D eigenvalue weighted by molar-refractivity contribution is 7.92. The van der Waals surface area contributed by atoms with Crippen LogP contribution in [0.2, 0.25) is 0 Å². The van der Waals surface area contributed by atoms with Gasteiger partial charge in [-0.25, -0.2) is 18.1 Å². The van der Waals surface area contributed by atoms with E-state index in [0.29, 0.717) is 18.6 Å². The molecule has 2 atom stereocenters. The van der Waals surface area contributed by atoms with E-state index in [0.717, 1.165) is 28.2 Å². The summed E-state index contributed by atoms with van der Waals surface area (Å²) in [5.74, 6) is -0.966. The second kappa shape index (κ2) is 7.71. The minimum atomic E-state index is -5.52. The van der Waals surface area contributed by atoms with Gasteiger partial charge in [-0.15, -0.1) is 0 Å². The number of aryl methyl sites for hydroxylation is 1. The minimum Gasteiger partial charge on any atom is -0.325 e. The molecule has 11 heteroatoms. The van der Waals surface area contributed by atoms with Crippen LogP contribution in [0.25, 0.3) is 0 Å². The third kappa shape index (κ3) is 3.64. The number of carbonyl (C=O) groups is 2. The Kier molecular flexibility index (Phi) is 5.59. The average Bonchev–Trinajstić information content (AvgIpc) is 3.00. The number of alkyl halides is 3. The van der Waals surface area contributed by atoms with Crippen LogP contribution in [0.15, 0.2) is 47.6 Å². The van der Waals surface area contributed by atoms with Crippen molar-refractivity contribution in [1.29, 1.82) is 0 Å². The van der Waals surface area contributed by atoms with Gasteiger partial charge in [0.05, 0.1) is 10.6 Å². The summed E-state index contributed by atoms with van der Waals surface area (Å²) in [5, 5.41) is 2.59. The number of urea groups is 1. The van der Waals surface area contributed by atoms with Gasteiger partial charge in [0.1, 0.15) is 6.04 Å². The van der Waals surface area contributed by atoms with Gasteiger partial charge in [0.15, 0.2) is 0 Å². The molecule has 1 N–H and O–H groups in total. The average molecular weight is 441 g/mol. The lowest BCUT2D eigenvalue weighted by Crippen LogP contribution is -2.35. The van der Waals surface area contributed by atoms with Crippen molar-refractivity contribution in [2.75, 3.05) is 4.90 Å². The Labute approximate surface area is 170 Å². The molecule has 1 aliphatic rings. The van der Waals surface area contributed by atoms with Crippen LogP contribution < -0.4 is 10.2 Å². The summed E-state index contributed by atoms with van der Waals surface area (Å²) in [6.45, 7) is 3.71. The van der Waals surface area contributed by atoms with Crippen molar-refractivity contribution in [3.8, 4) is 0 Å². The first-order valence-corrected chi connectivity index (χ1v) is 10.5. The number of amides is 3. The number of aromatic nitrogens is 1. The zero-order valence-corrected chi connectivity index (χ0v) is 16.8. The molecule has 0 bridgehead atoms. The summed E-state index contributed by atoms with van der Waals surface area (Å²) in [7, 11) is -5.52. The fourth-order valence-electron chi connectivity index (χ4n) is 3.35. The summed E-state index contributed by atoms with van der Waals surface area (Å²) < 4.78 is 61.0. The third-order valence-corrected chi connectivity index (χ3v) is 6.49. The van der Waals surface area contributed by atoms with Gasteiger partial charge in [-0.3, -0.25) is 9.78 Å². The van der Waals surface area contributed by atoms with Gasteiger partial charge < -0.3 is 5.32 Å². The van der Waals surface area contributed by atoms with Crippen LogP contribution in [0, 0.1) is 0 Å². The Bertz CT molecular complexity index is 1080. The highest BCUT2D eigenvalue weighted by atomic mass is 32.2. The van der Waals surface area contributed by atoms with E-state index in [9.17, 15) is 31.2 Å². The van der Waals surface area contributed by atoms with Crippen LogP contribution in [-0.2, 0) is 21.1 Å². The number of benzene rings is 1. The predicted molar refractivity (Wildman–Crippen MR) is 102 cm³/mol. The van der Waals surface area contributed by atoms with Crippen molar-refractivity contribution < 1.29 is 31.2 Å². The molecular weight excluding hydrogens is 423 g/mol. The molecule has 160 valence electrons. The van der Waals surface area contributed by atoms with Crippen molar-refractivity contribution in [2.24, 2.45) is 0 Å². The molecule has 1 saturated heterocycles. The minimum absolute atomic E-state index is 0.0289. The quantitative estimate of drug-likeness (QED) is 0.719. The van der Waals surface area contributed by atoms with Gasteiger partial charge in [-0.2, -0.15) is 13.2 Å². The second-order valence-corrected chi connectivity index (χ2v) is 8.70. The molecule has 1 aromatic heterocycles. The summed E-state index contributed by atoms with van der Waals surface area (Å²) in [4.78, 5) is 29.2. The van der Waals surface area contributed by atoms with E-state index < -0.39 is 38.2 Å². The summed E-state index contributed by atoms with van der Waals surface area (Å²) >= 11 is 0. The first kappa shape index (κ1) is 21.8.